The minimum Gasteiger partial charge on any atom is -0.326 e. The highest BCUT2D eigenvalue weighted by molar-refractivity contribution is 7.06. The number of anilines is 1. The van der Waals surface area contributed by atoms with E-state index in [0.717, 1.165) is 27.4 Å². The number of carbonyl (C=O) groups is 1. The van der Waals surface area contributed by atoms with Crippen molar-refractivity contribution in [3.05, 3.63) is 34.7 Å². The van der Waals surface area contributed by atoms with Crippen molar-refractivity contribution in [3.8, 4) is 11.3 Å². The summed E-state index contributed by atoms with van der Waals surface area (Å²) in [6.45, 7) is 0.518. The zero-order valence-corrected chi connectivity index (χ0v) is 10.8. The average Bonchev–Trinajstić information content (AvgIpc) is 2.95. The second kappa shape index (κ2) is 4.19. The van der Waals surface area contributed by atoms with Gasteiger partial charge in [-0.2, -0.15) is 4.37 Å². The van der Waals surface area contributed by atoms with Gasteiger partial charge in [0.15, 0.2) is 0 Å². The van der Waals surface area contributed by atoms with Gasteiger partial charge in [0.1, 0.15) is 0 Å². The predicted octanol–water partition coefficient (Wildman–Crippen LogP) is 1.79. The molecule has 1 aromatic heterocycles. The van der Waals surface area contributed by atoms with Crippen LogP contribution in [0.2, 0.25) is 0 Å². The van der Waals surface area contributed by atoms with Crippen LogP contribution in [0.1, 0.15) is 10.4 Å². The van der Waals surface area contributed by atoms with Crippen molar-refractivity contribution in [2.24, 2.45) is 5.73 Å². The highest BCUT2D eigenvalue weighted by atomic mass is 32.1. The van der Waals surface area contributed by atoms with Gasteiger partial charge in [0, 0.05) is 29.7 Å². The fourth-order valence-corrected chi connectivity index (χ4v) is 2.79. The number of rotatable bonds is 2. The molecule has 1 aliphatic rings. The van der Waals surface area contributed by atoms with Gasteiger partial charge in [-0.3, -0.25) is 4.79 Å². The molecule has 0 unspecified atom stereocenters. The van der Waals surface area contributed by atoms with E-state index in [0.29, 0.717) is 13.0 Å². The van der Waals surface area contributed by atoms with Crippen LogP contribution in [0, 0.1) is 0 Å². The van der Waals surface area contributed by atoms with Crippen molar-refractivity contribution in [1.82, 2.24) is 4.37 Å². The first-order chi connectivity index (χ1) is 8.69. The third kappa shape index (κ3) is 1.72. The van der Waals surface area contributed by atoms with Gasteiger partial charge in [-0.1, -0.05) is 6.07 Å². The lowest BCUT2D eigenvalue weighted by Gasteiger charge is -2.09. The molecule has 0 aliphatic carbocycles. The molecule has 1 aromatic carbocycles. The summed E-state index contributed by atoms with van der Waals surface area (Å²) in [4.78, 5) is 14.4. The number of nitrogens with zero attached hydrogens (tertiary/aromatic N) is 2. The van der Waals surface area contributed by atoms with E-state index in [1.807, 2.05) is 31.3 Å². The van der Waals surface area contributed by atoms with Gasteiger partial charge in [-0.25, -0.2) is 0 Å². The lowest BCUT2D eigenvalue weighted by molar-refractivity contribution is -0.117. The monoisotopic (exact) mass is 259 g/mol. The van der Waals surface area contributed by atoms with E-state index in [2.05, 4.69) is 4.37 Å². The summed E-state index contributed by atoms with van der Waals surface area (Å²) < 4.78 is 4.38. The lowest BCUT2D eigenvalue weighted by Crippen LogP contribution is -2.20. The van der Waals surface area contributed by atoms with Crippen molar-refractivity contribution in [3.63, 3.8) is 0 Å². The Balaban J connectivity index is 2.01. The van der Waals surface area contributed by atoms with Crippen LogP contribution >= 0.6 is 11.5 Å². The third-order valence-electron chi connectivity index (χ3n) is 3.21. The smallest absolute Gasteiger partial charge is 0.231 e. The number of benzene rings is 1. The Morgan fingerprint density at radius 1 is 1.44 bits per heavy atom. The van der Waals surface area contributed by atoms with Crippen molar-refractivity contribution >= 4 is 23.1 Å². The number of fused-ring (bicyclic) bond motifs is 1. The quantitative estimate of drug-likeness (QED) is 0.894. The standard InChI is InChI=1S/C13H13N3OS/c1-16-12-3-2-8(4-9(12)5-13(16)17)11-6-10(7-14)18-15-11/h2-4,6H,5,7,14H2,1H3. The predicted molar refractivity (Wildman–Crippen MR) is 72.6 cm³/mol. The normalized spacial score (nSPS) is 14.1. The van der Waals surface area contributed by atoms with Crippen LogP contribution in [0.25, 0.3) is 11.3 Å². The van der Waals surface area contributed by atoms with Gasteiger partial charge in [0.2, 0.25) is 5.91 Å². The van der Waals surface area contributed by atoms with Gasteiger partial charge >= 0.3 is 0 Å². The van der Waals surface area contributed by atoms with Crippen LogP contribution in [-0.2, 0) is 17.8 Å². The summed E-state index contributed by atoms with van der Waals surface area (Å²) in [6, 6.07) is 8.04. The molecule has 3 rings (SSSR count). The van der Waals surface area contributed by atoms with Crippen LogP contribution in [0.4, 0.5) is 5.69 Å². The maximum atomic E-state index is 11.6. The molecule has 2 heterocycles. The van der Waals surface area contributed by atoms with E-state index in [-0.39, 0.29) is 5.91 Å². The molecular formula is C13H13N3OS. The third-order valence-corrected chi connectivity index (χ3v) is 4.02. The summed E-state index contributed by atoms with van der Waals surface area (Å²) in [6.07, 6.45) is 0.480. The minimum absolute atomic E-state index is 0.142. The van der Waals surface area contributed by atoms with Crippen LogP contribution in [0.5, 0.6) is 0 Å². The van der Waals surface area contributed by atoms with Crippen LogP contribution in [0.15, 0.2) is 24.3 Å². The lowest BCUT2D eigenvalue weighted by atomic mass is 10.1. The molecule has 0 bridgehead atoms. The minimum atomic E-state index is 0.142. The Bertz CT molecular complexity index is 620. The van der Waals surface area contributed by atoms with Crippen LogP contribution < -0.4 is 10.6 Å². The first-order valence-electron chi connectivity index (χ1n) is 5.74. The summed E-state index contributed by atoms with van der Waals surface area (Å²) in [5.41, 5.74) is 9.64. The fraction of sp³-hybridized carbons (Fsp3) is 0.231. The number of hydrogen-bond acceptors (Lipinski definition) is 4. The Morgan fingerprint density at radius 3 is 3.00 bits per heavy atom. The second-order valence-corrected chi connectivity index (χ2v) is 5.25. The van der Waals surface area contributed by atoms with Crippen molar-refractivity contribution < 1.29 is 4.79 Å². The molecule has 2 N–H and O–H groups in total. The van der Waals surface area contributed by atoms with Crippen molar-refractivity contribution in [1.29, 1.82) is 0 Å². The van der Waals surface area contributed by atoms with E-state index in [9.17, 15) is 4.79 Å². The van der Waals surface area contributed by atoms with E-state index < -0.39 is 0 Å². The molecule has 0 fully saturated rings. The Kier molecular flexibility index (Phi) is 2.65. The summed E-state index contributed by atoms with van der Waals surface area (Å²) >= 11 is 1.43. The molecule has 18 heavy (non-hydrogen) atoms. The van der Waals surface area contributed by atoms with Gasteiger partial charge in [0.05, 0.1) is 12.1 Å². The van der Waals surface area contributed by atoms with E-state index >= 15 is 0 Å². The Labute approximate surface area is 109 Å². The highest BCUT2D eigenvalue weighted by Gasteiger charge is 2.24. The molecule has 1 aliphatic heterocycles. The van der Waals surface area contributed by atoms with Gasteiger partial charge in [-0.15, -0.1) is 0 Å². The number of likely N-dealkylation sites (N-methyl/N-ethyl adjacent to an activating group) is 1. The highest BCUT2D eigenvalue weighted by Crippen LogP contribution is 2.32. The topological polar surface area (TPSA) is 59.2 Å². The maximum absolute atomic E-state index is 11.6. The van der Waals surface area contributed by atoms with E-state index in [1.165, 1.54) is 11.5 Å². The molecule has 1 amide bonds. The molecule has 0 radical (unpaired) electrons. The van der Waals surface area contributed by atoms with Crippen molar-refractivity contribution in [2.45, 2.75) is 13.0 Å². The number of nitrogens with two attached hydrogens (primary N) is 1. The molecule has 0 spiro atoms. The van der Waals surface area contributed by atoms with Gasteiger partial charge in [-0.05, 0) is 35.3 Å². The molecule has 4 nitrogen and oxygen atoms in total. The van der Waals surface area contributed by atoms with E-state index in [4.69, 9.17) is 5.73 Å². The van der Waals surface area contributed by atoms with Crippen LogP contribution in [0.3, 0.4) is 0 Å². The Morgan fingerprint density at radius 2 is 2.28 bits per heavy atom. The zero-order valence-electron chi connectivity index (χ0n) is 10.0. The second-order valence-electron chi connectivity index (χ2n) is 4.36. The summed E-state index contributed by atoms with van der Waals surface area (Å²) in [7, 11) is 1.81. The molecule has 92 valence electrons. The first-order valence-corrected chi connectivity index (χ1v) is 6.52. The van der Waals surface area contributed by atoms with Gasteiger partial charge in [0.25, 0.3) is 0 Å². The number of hydrogen-bond donors (Lipinski definition) is 1. The number of amides is 1. The molecular weight excluding hydrogens is 246 g/mol. The summed E-state index contributed by atoms with van der Waals surface area (Å²) in [5.74, 6) is 0.142. The number of carbonyl (C=O) groups excluding carboxylic acids is 1. The maximum Gasteiger partial charge on any atom is 0.231 e. The molecule has 0 saturated heterocycles. The van der Waals surface area contributed by atoms with Crippen molar-refractivity contribution in [2.75, 3.05) is 11.9 Å². The SMILES string of the molecule is CN1C(=O)Cc2cc(-c3cc(CN)sn3)ccc21. The summed E-state index contributed by atoms with van der Waals surface area (Å²) in [5, 5.41) is 0. The molecule has 0 atom stereocenters. The number of aromatic nitrogens is 1. The largest absolute Gasteiger partial charge is 0.326 e. The van der Waals surface area contributed by atoms with Gasteiger partial charge < -0.3 is 10.6 Å². The van der Waals surface area contributed by atoms with E-state index in [1.54, 1.807) is 4.90 Å². The molecule has 0 saturated carbocycles. The first kappa shape index (κ1) is 11.4. The molecule has 2 aromatic rings. The average molecular weight is 259 g/mol. The zero-order chi connectivity index (χ0) is 12.7. The molecule has 5 heteroatoms. The van der Waals surface area contributed by atoms with Crippen LogP contribution in [-0.4, -0.2) is 17.3 Å². The fourth-order valence-electron chi connectivity index (χ4n) is 2.17. The Hall–Kier alpha value is -1.72.